The van der Waals surface area contributed by atoms with E-state index in [1.165, 1.54) is 30.1 Å². The zero-order valence-corrected chi connectivity index (χ0v) is 23.5. The summed E-state index contributed by atoms with van der Waals surface area (Å²) in [5, 5.41) is 3.46. The number of carbonyl (C=O) groups is 2. The van der Waals surface area contributed by atoms with E-state index in [4.69, 9.17) is 34.8 Å². The molecule has 0 saturated heterocycles. The molecule has 0 bridgehead atoms. The molecule has 1 N–H and O–H groups in total. The molecule has 3 aromatic carbocycles. The number of rotatable bonds is 9. The molecule has 0 aromatic heterocycles. The van der Waals surface area contributed by atoms with E-state index in [2.05, 4.69) is 5.32 Å². The zero-order chi connectivity index (χ0) is 27.3. The molecule has 0 heterocycles. The molecule has 0 fully saturated rings. The number of amides is 2. The summed E-state index contributed by atoms with van der Waals surface area (Å²) in [6.07, 6.45) is 0. The fourth-order valence-corrected chi connectivity index (χ4v) is 5.90. The molecule has 7 nitrogen and oxygen atoms in total. The summed E-state index contributed by atoms with van der Waals surface area (Å²) < 4.78 is 28.5. The van der Waals surface area contributed by atoms with Gasteiger partial charge in [-0.15, -0.1) is 0 Å². The molecule has 37 heavy (non-hydrogen) atoms. The van der Waals surface area contributed by atoms with Crippen molar-refractivity contribution in [1.82, 2.24) is 10.2 Å². The van der Waals surface area contributed by atoms with Crippen molar-refractivity contribution < 1.29 is 18.0 Å². The van der Waals surface area contributed by atoms with Gasteiger partial charge in [-0.05, 0) is 55.8 Å². The van der Waals surface area contributed by atoms with Crippen LogP contribution < -0.4 is 9.62 Å². The molecule has 0 unspecified atom stereocenters. The minimum atomic E-state index is -4.19. The predicted octanol–water partition coefficient (Wildman–Crippen LogP) is 5.31. The van der Waals surface area contributed by atoms with Crippen LogP contribution in [0.4, 0.5) is 5.69 Å². The van der Waals surface area contributed by atoms with E-state index in [0.717, 1.165) is 4.31 Å². The van der Waals surface area contributed by atoms with Gasteiger partial charge in [0.15, 0.2) is 0 Å². The molecule has 11 heteroatoms. The van der Waals surface area contributed by atoms with Crippen LogP contribution in [0.2, 0.25) is 15.1 Å². The maximum atomic E-state index is 13.8. The summed E-state index contributed by atoms with van der Waals surface area (Å²) >= 11 is 18.9. The van der Waals surface area contributed by atoms with Gasteiger partial charge in [0.25, 0.3) is 10.0 Å². The summed E-state index contributed by atoms with van der Waals surface area (Å²) in [4.78, 5) is 27.6. The lowest BCUT2D eigenvalue weighted by atomic mass is 10.1. The third-order valence-electron chi connectivity index (χ3n) is 5.85. The molecule has 0 aliphatic rings. The molecule has 196 valence electrons. The van der Waals surface area contributed by atoms with E-state index in [1.54, 1.807) is 62.4 Å². The number of benzene rings is 3. The lowest BCUT2D eigenvalue weighted by molar-refractivity contribution is -0.139. The van der Waals surface area contributed by atoms with Gasteiger partial charge in [-0.25, -0.2) is 8.42 Å². The van der Waals surface area contributed by atoms with Crippen LogP contribution >= 0.6 is 34.8 Å². The Morgan fingerprint density at radius 1 is 0.946 bits per heavy atom. The monoisotopic (exact) mass is 581 g/mol. The number of aryl methyl sites for hydroxylation is 1. The van der Waals surface area contributed by atoms with Crippen molar-refractivity contribution in [2.75, 3.05) is 17.9 Å². The standard InChI is InChI=1S/C26H26Cl3N3O4S/c1-17-12-13-19(27)14-24(17)32(37(35,36)20-8-5-4-6-9-20)16-25(33)31(18(2)26(34)30-3)15-21-22(28)10-7-11-23(21)29/h4-14,18H,15-16H2,1-3H3,(H,30,34)/t18-/m0/s1. The minimum absolute atomic E-state index is 0.00206. The molecule has 0 aliphatic carbocycles. The molecular formula is C26H26Cl3N3O4S. The molecule has 2 amide bonds. The Morgan fingerprint density at radius 2 is 1.57 bits per heavy atom. The minimum Gasteiger partial charge on any atom is -0.357 e. The summed E-state index contributed by atoms with van der Waals surface area (Å²) in [6.45, 7) is 2.56. The number of halogens is 3. The summed E-state index contributed by atoms with van der Waals surface area (Å²) in [5.41, 5.74) is 1.27. The highest BCUT2D eigenvalue weighted by molar-refractivity contribution is 7.92. The maximum Gasteiger partial charge on any atom is 0.264 e. The molecule has 0 aliphatic heterocycles. The number of anilines is 1. The Balaban J connectivity index is 2.10. The Labute approximate surface area is 232 Å². The maximum absolute atomic E-state index is 13.8. The fourth-order valence-electron chi connectivity index (χ4n) is 3.73. The Morgan fingerprint density at radius 3 is 2.16 bits per heavy atom. The van der Waals surface area contributed by atoms with Crippen LogP contribution in [-0.4, -0.2) is 44.8 Å². The van der Waals surface area contributed by atoms with Gasteiger partial charge in [-0.3, -0.25) is 13.9 Å². The predicted molar refractivity (Wildman–Crippen MR) is 148 cm³/mol. The first kappa shape index (κ1) is 28.8. The third-order valence-corrected chi connectivity index (χ3v) is 8.57. The van der Waals surface area contributed by atoms with Gasteiger partial charge in [-0.1, -0.05) is 65.1 Å². The van der Waals surface area contributed by atoms with E-state index < -0.39 is 34.4 Å². The first-order valence-electron chi connectivity index (χ1n) is 11.2. The van der Waals surface area contributed by atoms with Gasteiger partial charge in [-0.2, -0.15) is 0 Å². The van der Waals surface area contributed by atoms with Crippen LogP contribution in [0.1, 0.15) is 18.1 Å². The molecule has 3 rings (SSSR count). The first-order chi connectivity index (χ1) is 17.5. The van der Waals surface area contributed by atoms with Gasteiger partial charge in [0.05, 0.1) is 10.6 Å². The van der Waals surface area contributed by atoms with Crippen molar-refractivity contribution in [3.63, 3.8) is 0 Å². The largest absolute Gasteiger partial charge is 0.357 e. The highest BCUT2D eigenvalue weighted by atomic mass is 35.5. The Hall–Kier alpha value is -2.78. The van der Waals surface area contributed by atoms with E-state index in [1.807, 2.05) is 0 Å². The van der Waals surface area contributed by atoms with Crippen molar-refractivity contribution in [2.24, 2.45) is 0 Å². The van der Waals surface area contributed by atoms with Crippen molar-refractivity contribution in [2.45, 2.75) is 31.3 Å². The van der Waals surface area contributed by atoms with Crippen molar-refractivity contribution in [1.29, 1.82) is 0 Å². The van der Waals surface area contributed by atoms with Crippen LogP contribution in [0.5, 0.6) is 0 Å². The number of hydrogen-bond acceptors (Lipinski definition) is 4. The smallest absolute Gasteiger partial charge is 0.264 e. The molecule has 0 spiro atoms. The van der Waals surface area contributed by atoms with Crippen molar-refractivity contribution >= 4 is 62.3 Å². The zero-order valence-electron chi connectivity index (χ0n) is 20.4. The molecular weight excluding hydrogens is 557 g/mol. The quantitative estimate of drug-likeness (QED) is 0.370. The van der Waals surface area contributed by atoms with Crippen molar-refractivity contribution in [3.8, 4) is 0 Å². The SMILES string of the molecule is CNC(=O)[C@H](C)N(Cc1c(Cl)cccc1Cl)C(=O)CN(c1cc(Cl)ccc1C)S(=O)(=O)c1ccccc1. The number of likely N-dealkylation sites (N-methyl/N-ethyl adjacent to an activating group) is 1. The van der Waals surface area contributed by atoms with Crippen LogP contribution in [0, 0.1) is 6.92 Å². The van der Waals surface area contributed by atoms with E-state index in [9.17, 15) is 18.0 Å². The number of nitrogens with zero attached hydrogens (tertiary/aromatic N) is 2. The van der Waals surface area contributed by atoms with E-state index in [0.29, 0.717) is 26.2 Å². The number of nitrogens with one attached hydrogen (secondary N) is 1. The molecule has 0 radical (unpaired) electrons. The number of carbonyl (C=O) groups excluding carboxylic acids is 2. The lowest BCUT2D eigenvalue weighted by Gasteiger charge is -2.32. The van der Waals surface area contributed by atoms with Crippen LogP contribution in [-0.2, 0) is 26.2 Å². The highest BCUT2D eigenvalue weighted by Crippen LogP contribution is 2.31. The second kappa shape index (κ2) is 12.2. The third kappa shape index (κ3) is 6.57. The van der Waals surface area contributed by atoms with Gasteiger partial charge in [0, 0.05) is 34.2 Å². The number of hydrogen-bond donors (Lipinski definition) is 1. The normalized spacial score (nSPS) is 12.1. The van der Waals surface area contributed by atoms with E-state index in [-0.39, 0.29) is 17.1 Å². The summed E-state index contributed by atoms with van der Waals surface area (Å²) in [6, 6.07) is 16.5. The molecule has 0 saturated carbocycles. The van der Waals surface area contributed by atoms with Gasteiger partial charge in [0.1, 0.15) is 12.6 Å². The highest BCUT2D eigenvalue weighted by Gasteiger charge is 2.33. The van der Waals surface area contributed by atoms with E-state index >= 15 is 0 Å². The Kier molecular flexibility index (Phi) is 9.47. The molecule has 1 atom stereocenters. The van der Waals surface area contributed by atoms with Gasteiger partial charge < -0.3 is 10.2 Å². The van der Waals surface area contributed by atoms with Crippen LogP contribution in [0.25, 0.3) is 0 Å². The average molecular weight is 583 g/mol. The number of sulfonamides is 1. The molecule has 3 aromatic rings. The first-order valence-corrected chi connectivity index (χ1v) is 13.8. The van der Waals surface area contributed by atoms with Crippen LogP contribution in [0.3, 0.4) is 0 Å². The second-order valence-corrected chi connectivity index (χ2v) is 11.4. The van der Waals surface area contributed by atoms with Crippen LogP contribution in [0.15, 0.2) is 71.6 Å². The average Bonchev–Trinajstić information content (AvgIpc) is 2.88. The van der Waals surface area contributed by atoms with Gasteiger partial charge in [0.2, 0.25) is 11.8 Å². The van der Waals surface area contributed by atoms with Gasteiger partial charge >= 0.3 is 0 Å². The topological polar surface area (TPSA) is 86.8 Å². The fraction of sp³-hybridized carbons (Fsp3) is 0.231. The second-order valence-electron chi connectivity index (χ2n) is 8.27. The Bertz CT molecular complexity index is 1380. The summed E-state index contributed by atoms with van der Waals surface area (Å²) in [5.74, 6) is -1.07. The van der Waals surface area contributed by atoms with Crippen molar-refractivity contribution in [3.05, 3.63) is 92.9 Å². The summed E-state index contributed by atoms with van der Waals surface area (Å²) in [7, 11) is -2.74. The lowest BCUT2D eigenvalue weighted by Crippen LogP contribution is -2.50.